The van der Waals surface area contributed by atoms with Crippen LogP contribution < -0.4 is 4.74 Å². The summed E-state index contributed by atoms with van der Waals surface area (Å²) in [5.74, 6) is 1.44. The lowest BCUT2D eigenvalue weighted by molar-refractivity contribution is 0.111. The molecule has 0 atom stereocenters. The van der Waals surface area contributed by atoms with Crippen LogP contribution >= 0.6 is 11.8 Å². The van der Waals surface area contributed by atoms with Crippen LogP contribution in [0.3, 0.4) is 0 Å². The van der Waals surface area contributed by atoms with Crippen LogP contribution in [-0.4, -0.2) is 28.8 Å². The molecule has 1 aliphatic rings. The van der Waals surface area contributed by atoms with Crippen molar-refractivity contribution in [2.45, 2.75) is 4.90 Å². The Morgan fingerprint density at radius 2 is 2.50 bits per heavy atom. The monoisotopic (exact) mass is 182 g/mol. The van der Waals surface area contributed by atoms with Gasteiger partial charge in [0.25, 0.3) is 0 Å². The fourth-order valence-electron chi connectivity index (χ4n) is 0.928. The number of nitrogens with zero attached hydrogens (tertiary/aromatic N) is 2. The Labute approximate surface area is 73.3 Å². The van der Waals surface area contributed by atoms with Gasteiger partial charge in [-0.2, -0.15) is 0 Å². The molecule has 1 aliphatic heterocycles. The van der Waals surface area contributed by atoms with Crippen molar-refractivity contribution in [3.63, 3.8) is 0 Å². The molecular weight excluding hydrogens is 176 g/mol. The zero-order valence-corrected chi connectivity index (χ0v) is 7.00. The molecule has 5 heteroatoms. The Morgan fingerprint density at radius 1 is 1.58 bits per heavy atom. The second kappa shape index (κ2) is 3.10. The number of rotatable bonds is 1. The van der Waals surface area contributed by atoms with Crippen LogP contribution in [0.25, 0.3) is 0 Å². The number of hydrogen-bond acceptors (Lipinski definition) is 5. The van der Waals surface area contributed by atoms with Crippen LogP contribution in [0.2, 0.25) is 0 Å². The summed E-state index contributed by atoms with van der Waals surface area (Å²) in [5.41, 5.74) is 0.353. The topological polar surface area (TPSA) is 52.1 Å². The molecule has 1 aromatic heterocycles. The van der Waals surface area contributed by atoms with Crippen molar-refractivity contribution in [1.29, 1.82) is 0 Å². The Bertz CT molecular complexity index is 316. The molecule has 2 rings (SSSR count). The number of aromatic nitrogens is 2. The lowest BCUT2D eigenvalue weighted by Crippen LogP contribution is -2.09. The number of fused-ring (bicyclic) bond motifs is 1. The quantitative estimate of drug-likeness (QED) is 0.600. The predicted octanol–water partition coefficient (Wildman–Crippen LogP) is 0.774. The van der Waals surface area contributed by atoms with Crippen molar-refractivity contribution in [3.05, 3.63) is 11.8 Å². The minimum Gasteiger partial charge on any atom is -0.475 e. The third kappa shape index (κ3) is 1.27. The van der Waals surface area contributed by atoms with E-state index in [1.54, 1.807) is 17.8 Å². The van der Waals surface area contributed by atoms with Gasteiger partial charge in [0.2, 0.25) is 5.88 Å². The van der Waals surface area contributed by atoms with E-state index < -0.39 is 0 Å². The van der Waals surface area contributed by atoms with Crippen LogP contribution in [0.1, 0.15) is 10.5 Å². The van der Waals surface area contributed by atoms with Gasteiger partial charge in [-0.25, -0.2) is 0 Å². The molecule has 62 valence electrons. The van der Waals surface area contributed by atoms with Crippen molar-refractivity contribution in [2.24, 2.45) is 0 Å². The maximum atomic E-state index is 10.3. The molecular formula is C7H6N2O2S. The van der Waals surface area contributed by atoms with E-state index >= 15 is 0 Å². The van der Waals surface area contributed by atoms with Gasteiger partial charge in [-0.05, 0) is 6.07 Å². The zero-order valence-electron chi connectivity index (χ0n) is 6.19. The summed E-state index contributed by atoms with van der Waals surface area (Å²) in [6.45, 7) is 0.660. The van der Waals surface area contributed by atoms with Crippen LogP contribution in [0.4, 0.5) is 0 Å². The van der Waals surface area contributed by atoms with Crippen LogP contribution in [0.5, 0.6) is 5.88 Å². The smallest absolute Gasteiger partial charge is 0.247 e. The highest BCUT2D eigenvalue weighted by atomic mass is 32.2. The molecule has 12 heavy (non-hydrogen) atoms. The summed E-state index contributed by atoms with van der Waals surface area (Å²) in [4.78, 5) is 11.2. The van der Waals surface area contributed by atoms with Crippen molar-refractivity contribution in [2.75, 3.05) is 12.4 Å². The van der Waals surface area contributed by atoms with Crippen molar-refractivity contribution >= 4 is 18.0 Å². The van der Waals surface area contributed by atoms with Gasteiger partial charge in [-0.3, -0.25) is 4.79 Å². The lowest BCUT2D eigenvalue weighted by atomic mass is 10.4. The number of ether oxygens (including phenoxy) is 1. The van der Waals surface area contributed by atoms with Crippen molar-refractivity contribution in [1.82, 2.24) is 10.2 Å². The number of carbonyl (C=O) groups is 1. The summed E-state index contributed by atoms with van der Waals surface area (Å²) in [6, 6.07) is 1.69. The minimum atomic E-state index is 0.353. The van der Waals surface area contributed by atoms with Gasteiger partial charge in [0, 0.05) is 5.75 Å². The van der Waals surface area contributed by atoms with E-state index in [2.05, 4.69) is 10.2 Å². The standard InChI is InChI=1S/C7H6N2O2S/c10-4-5-3-6-7(9-8-5)11-1-2-12-6/h3-4H,1-2H2. The average Bonchev–Trinajstić information content (AvgIpc) is 2.17. The number of hydrogen-bond donors (Lipinski definition) is 0. The third-order valence-electron chi connectivity index (χ3n) is 1.45. The Kier molecular flexibility index (Phi) is 1.95. The molecule has 0 unspecified atom stereocenters. The van der Waals surface area contributed by atoms with Gasteiger partial charge in [-0.1, -0.05) is 0 Å². The van der Waals surface area contributed by atoms with E-state index in [-0.39, 0.29) is 0 Å². The lowest BCUT2D eigenvalue weighted by Gasteiger charge is -2.13. The highest BCUT2D eigenvalue weighted by Crippen LogP contribution is 2.30. The van der Waals surface area contributed by atoms with Crippen molar-refractivity contribution in [3.8, 4) is 5.88 Å². The van der Waals surface area contributed by atoms with Gasteiger partial charge in [0.05, 0.1) is 11.5 Å². The second-order valence-corrected chi connectivity index (χ2v) is 3.39. The largest absolute Gasteiger partial charge is 0.475 e. The molecule has 0 aromatic carbocycles. The Hall–Kier alpha value is -1.10. The molecule has 4 nitrogen and oxygen atoms in total. The fraction of sp³-hybridized carbons (Fsp3) is 0.286. The minimum absolute atomic E-state index is 0.353. The molecule has 0 spiro atoms. The SMILES string of the molecule is O=Cc1cc2c(nn1)OCCS2. The van der Waals surface area contributed by atoms with Crippen LogP contribution in [0, 0.1) is 0 Å². The molecule has 0 saturated heterocycles. The first-order valence-electron chi connectivity index (χ1n) is 3.48. The highest BCUT2D eigenvalue weighted by Gasteiger charge is 2.13. The van der Waals surface area contributed by atoms with E-state index in [4.69, 9.17) is 4.74 Å². The first kappa shape index (κ1) is 7.54. The van der Waals surface area contributed by atoms with Crippen LogP contribution in [0.15, 0.2) is 11.0 Å². The molecule has 1 aromatic rings. The maximum absolute atomic E-state index is 10.3. The van der Waals surface area contributed by atoms with Crippen molar-refractivity contribution < 1.29 is 9.53 Å². The number of carbonyl (C=O) groups excluding carboxylic acids is 1. The fourth-order valence-corrected chi connectivity index (χ4v) is 1.74. The highest BCUT2D eigenvalue weighted by molar-refractivity contribution is 7.99. The van der Waals surface area contributed by atoms with E-state index in [0.717, 1.165) is 10.6 Å². The van der Waals surface area contributed by atoms with Crippen LogP contribution in [-0.2, 0) is 0 Å². The van der Waals surface area contributed by atoms with Gasteiger partial charge < -0.3 is 4.74 Å². The summed E-state index contributed by atoms with van der Waals surface area (Å²) in [6.07, 6.45) is 0.683. The van der Waals surface area contributed by atoms with E-state index in [0.29, 0.717) is 24.5 Å². The number of thioether (sulfide) groups is 1. The first-order valence-corrected chi connectivity index (χ1v) is 4.47. The molecule has 0 aliphatic carbocycles. The summed E-state index contributed by atoms with van der Waals surface area (Å²) in [7, 11) is 0. The molecule has 0 N–H and O–H groups in total. The first-order chi connectivity index (χ1) is 5.90. The normalized spacial score (nSPS) is 14.7. The summed E-state index contributed by atoms with van der Waals surface area (Å²) in [5, 5.41) is 7.42. The molecule has 0 amide bonds. The Balaban J connectivity index is 2.42. The van der Waals surface area contributed by atoms with E-state index in [1.807, 2.05) is 0 Å². The molecule has 0 fully saturated rings. The predicted molar refractivity (Wildman–Crippen MR) is 43.6 cm³/mol. The zero-order chi connectivity index (χ0) is 8.39. The molecule has 0 saturated carbocycles. The third-order valence-corrected chi connectivity index (χ3v) is 2.42. The molecule has 0 bridgehead atoms. The summed E-state index contributed by atoms with van der Waals surface area (Å²) < 4.78 is 5.21. The molecule has 0 radical (unpaired) electrons. The summed E-state index contributed by atoms with van der Waals surface area (Å²) >= 11 is 1.63. The van der Waals surface area contributed by atoms with Gasteiger partial charge in [0.1, 0.15) is 5.69 Å². The average molecular weight is 182 g/mol. The maximum Gasteiger partial charge on any atom is 0.247 e. The number of aldehydes is 1. The van der Waals surface area contributed by atoms with E-state index in [9.17, 15) is 4.79 Å². The second-order valence-electron chi connectivity index (χ2n) is 2.25. The van der Waals surface area contributed by atoms with Gasteiger partial charge in [-0.15, -0.1) is 22.0 Å². The van der Waals surface area contributed by atoms with Gasteiger partial charge >= 0.3 is 0 Å². The molecule has 2 heterocycles. The van der Waals surface area contributed by atoms with Gasteiger partial charge in [0.15, 0.2) is 6.29 Å². The van der Waals surface area contributed by atoms with E-state index in [1.165, 1.54) is 0 Å². The Morgan fingerprint density at radius 3 is 3.33 bits per heavy atom.